The third-order valence-corrected chi connectivity index (χ3v) is 2.30. The fraction of sp³-hybridized carbons (Fsp3) is 0.583. The number of nitriles is 1. The second kappa shape index (κ2) is 8.34. The minimum absolute atomic E-state index is 0.000603. The third kappa shape index (κ3) is 7.12. The fourth-order valence-corrected chi connectivity index (χ4v) is 1.45. The molecule has 0 aromatic heterocycles. The van der Waals surface area contributed by atoms with Crippen molar-refractivity contribution in [3.63, 3.8) is 0 Å². The normalized spacial score (nSPS) is 11.3. The van der Waals surface area contributed by atoms with E-state index in [4.69, 9.17) is 15.1 Å². The average Bonchev–Trinajstić information content (AvgIpc) is 2.27. The lowest BCUT2D eigenvalue weighted by Crippen LogP contribution is -2.13. The molecule has 0 aromatic carbocycles. The Kier molecular flexibility index (Phi) is 7.44. The summed E-state index contributed by atoms with van der Waals surface area (Å²) in [5, 5.41) is 17.1. The van der Waals surface area contributed by atoms with Gasteiger partial charge in [0.15, 0.2) is 0 Å². The van der Waals surface area contributed by atoms with Crippen LogP contribution in [0.5, 0.6) is 0 Å². The largest absolute Gasteiger partial charge is 0.481 e. The lowest BCUT2D eigenvalue weighted by molar-refractivity contribution is -0.139. The van der Waals surface area contributed by atoms with Gasteiger partial charge in [-0.3, -0.25) is 4.79 Å². The van der Waals surface area contributed by atoms with Gasteiger partial charge in [-0.25, -0.2) is 4.79 Å². The Bertz CT molecular complexity index is 330. The minimum atomic E-state index is -0.851. The van der Waals surface area contributed by atoms with E-state index in [-0.39, 0.29) is 24.5 Å². The number of rotatable bonds is 8. The molecule has 0 bridgehead atoms. The van der Waals surface area contributed by atoms with Crippen LogP contribution >= 0.6 is 0 Å². The Balaban J connectivity index is 3.97. The van der Waals surface area contributed by atoms with Crippen LogP contribution in [0.25, 0.3) is 0 Å². The molecule has 0 rings (SSSR count). The number of hydrogen-bond acceptors (Lipinski definition) is 4. The first-order valence-corrected chi connectivity index (χ1v) is 5.49. The zero-order valence-corrected chi connectivity index (χ0v) is 9.94. The molecule has 5 nitrogen and oxygen atoms in total. The number of hydrogen-bond donors (Lipinski definition) is 1. The maximum absolute atomic E-state index is 11.1. The highest BCUT2D eigenvalue weighted by Gasteiger charge is 2.14. The molecule has 0 saturated carbocycles. The highest BCUT2D eigenvalue weighted by atomic mass is 16.5. The molecule has 0 aromatic rings. The van der Waals surface area contributed by atoms with Crippen molar-refractivity contribution in [1.82, 2.24) is 0 Å². The molecule has 0 saturated heterocycles. The van der Waals surface area contributed by atoms with Crippen molar-refractivity contribution in [3.8, 4) is 6.07 Å². The summed E-state index contributed by atoms with van der Waals surface area (Å²) in [6, 6.07) is 1.60. The summed E-state index contributed by atoms with van der Waals surface area (Å²) in [6.45, 7) is 5.32. The summed E-state index contributed by atoms with van der Waals surface area (Å²) in [6.07, 6.45) is 2.23. The van der Waals surface area contributed by atoms with Gasteiger partial charge in [0.05, 0.1) is 6.61 Å². The van der Waals surface area contributed by atoms with Gasteiger partial charge in [0.1, 0.15) is 11.6 Å². The molecule has 0 heterocycles. The van der Waals surface area contributed by atoms with E-state index < -0.39 is 11.9 Å². The molecule has 94 valence electrons. The van der Waals surface area contributed by atoms with Gasteiger partial charge in [-0.2, -0.15) is 5.26 Å². The highest BCUT2D eigenvalue weighted by molar-refractivity contribution is 5.91. The van der Waals surface area contributed by atoms with Crippen LogP contribution in [0, 0.1) is 17.2 Å². The molecular formula is C12H17NO4. The number of esters is 1. The number of ether oxygens (including phenoxy) is 1. The van der Waals surface area contributed by atoms with Crippen LogP contribution in [0.15, 0.2) is 12.2 Å². The van der Waals surface area contributed by atoms with E-state index in [9.17, 15) is 9.59 Å². The van der Waals surface area contributed by atoms with Crippen LogP contribution in [-0.2, 0) is 14.3 Å². The van der Waals surface area contributed by atoms with Crippen LogP contribution < -0.4 is 0 Å². The van der Waals surface area contributed by atoms with E-state index in [2.05, 4.69) is 6.58 Å². The van der Waals surface area contributed by atoms with Gasteiger partial charge in [0, 0.05) is 6.42 Å². The molecular weight excluding hydrogens is 222 g/mol. The summed E-state index contributed by atoms with van der Waals surface area (Å²) < 4.78 is 4.80. The number of nitrogens with zero attached hydrogens (tertiary/aromatic N) is 1. The van der Waals surface area contributed by atoms with E-state index >= 15 is 0 Å². The molecule has 0 amide bonds. The lowest BCUT2D eigenvalue weighted by Gasteiger charge is -2.13. The highest BCUT2D eigenvalue weighted by Crippen LogP contribution is 2.15. The molecule has 0 spiro atoms. The van der Waals surface area contributed by atoms with Crippen molar-refractivity contribution in [3.05, 3.63) is 12.2 Å². The maximum Gasteiger partial charge on any atom is 0.348 e. The standard InChI is InChI=1S/C12H17NO4/c1-3-4-10(7-11(14)15)5-6-17-12(16)9(2)8-13/h10H,2-7H2,1H3,(H,14,15). The summed E-state index contributed by atoms with van der Waals surface area (Å²) >= 11 is 0. The summed E-state index contributed by atoms with van der Waals surface area (Å²) in [5.41, 5.74) is -0.240. The molecule has 5 heteroatoms. The Hall–Kier alpha value is -1.83. The Labute approximate surface area is 101 Å². The maximum atomic E-state index is 11.1. The number of carboxylic acid groups (broad SMARTS) is 1. The van der Waals surface area contributed by atoms with Crippen molar-refractivity contribution < 1.29 is 19.4 Å². The fourth-order valence-electron chi connectivity index (χ4n) is 1.45. The van der Waals surface area contributed by atoms with Gasteiger partial charge < -0.3 is 9.84 Å². The van der Waals surface area contributed by atoms with E-state index in [1.165, 1.54) is 0 Å². The minimum Gasteiger partial charge on any atom is -0.481 e. The number of carbonyl (C=O) groups is 2. The van der Waals surface area contributed by atoms with Crippen LogP contribution in [0.2, 0.25) is 0 Å². The van der Waals surface area contributed by atoms with Crippen molar-refractivity contribution in [1.29, 1.82) is 5.26 Å². The third-order valence-electron chi connectivity index (χ3n) is 2.30. The van der Waals surface area contributed by atoms with E-state index in [1.807, 2.05) is 6.92 Å². The first kappa shape index (κ1) is 15.2. The molecule has 0 fully saturated rings. The van der Waals surface area contributed by atoms with Crippen molar-refractivity contribution in [2.24, 2.45) is 5.92 Å². The smallest absolute Gasteiger partial charge is 0.348 e. The van der Waals surface area contributed by atoms with Crippen LogP contribution in [0.4, 0.5) is 0 Å². The van der Waals surface area contributed by atoms with Gasteiger partial charge in [-0.05, 0) is 12.3 Å². The molecule has 1 atom stereocenters. The molecule has 1 unspecified atom stereocenters. The SMILES string of the molecule is C=C(C#N)C(=O)OCCC(CCC)CC(=O)O. The Morgan fingerprint density at radius 2 is 2.12 bits per heavy atom. The molecule has 0 aliphatic heterocycles. The Morgan fingerprint density at radius 3 is 2.59 bits per heavy atom. The van der Waals surface area contributed by atoms with Crippen molar-refractivity contribution >= 4 is 11.9 Å². The molecule has 0 aliphatic rings. The van der Waals surface area contributed by atoms with Crippen molar-refractivity contribution in [2.45, 2.75) is 32.6 Å². The van der Waals surface area contributed by atoms with E-state index in [0.29, 0.717) is 6.42 Å². The van der Waals surface area contributed by atoms with Gasteiger partial charge in [-0.15, -0.1) is 0 Å². The van der Waals surface area contributed by atoms with Crippen molar-refractivity contribution in [2.75, 3.05) is 6.61 Å². The number of carboxylic acids is 1. The predicted octanol–water partition coefficient (Wildman–Crippen LogP) is 1.89. The van der Waals surface area contributed by atoms with Gasteiger partial charge in [0.25, 0.3) is 0 Å². The van der Waals surface area contributed by atoms with Crippen LogP contribution in [0.1, 0.15) is 32.6 Å². The zero-order valence-electron chi connectivity index (χ0n) is 9.94. The summed E-state index contributed by atoms with van der Waals surface area (Å²) in [4.78, 5) is 21.6. The predicted molar refractivity (Wildman–Crippen MR) is 61.0 cm³/mol. The van der Waals surface area contributed by atoms with Crippen LogP contribution in [-0.4, -0.2) is 23.7 Å². The Morgan fingerprint density at radius 1 is 1.47 bits per heavy atom. The first-order valence-electron chi connectivity index (χ1n) is 5.49. The van der Waals surface area contributed by atoms with E-state index in [0.717, 1.165) is 12.8 Å². The number of carbonyl (C=O) groups excluding carboxylic acids is 1. The average molecular weight is 239 g/mol. The monoisotopic (exact) mass is 239 g/mol. The zero-order chi connectivity index (χ0) is 13.3. The van der Waals surface area contributed by atoms with Gasteiger partial charge >= 0.3 is 11.9 Å². The summed E-state index contributed by atoms with van der Waals surface area (Å²) in [7, 11) is 0. The number of aliphatic carboxylic acids is 1. The van der Waals surface area contributed by atoms with Crippen LogP contribution in [0.3, 0.4) is 0 Å². The first-order chi connectivity index (χ1) is 8.01. The topological polar surface area (TPSA) is 87.4 Å². The van der Waals surface area contributed by atoms with E-state index in [1.54, 1.807) is 6.07 Å². The second-order valence-corrected chi connectivity index (χ2v) is 3.77. The molecule has 17 heavy (non-hydrogen) atoms. The molecule has 0 radical (unpaired) electrons. The summed E-state index contributed by atoms with van der Waals surface area (Å²) in [5.74, 6) is -1.59. The second-order valence-electron chi connectivity index (χ2n) is 3.77. The van der Waals surface area contributed by atoms with Gasteiger partial charge in [0.2, 0.25) is 0 Å². The molecule has 1 N–H and O–H groups in total. The molecule has 0 aliphatic carbocycles. The quantitative estimate of drug-likeness (QED) is 0.397. The van der Waals surface area contributed by atoms with Gasteiger partial charge in [-0.1, -0.05) is 26.3 Å². The lowest BCUT2D eigenvalue weighted by atomic mass is 9.97.